The van der Waals surface area contributed by atoms with Gasteiger partial charge in [-0.1, -0.05) is 0 Å². The van der Waals surface area contributed by atoms with Gasteiger partial charge in [-0.25, -0.2) is 4.98 Å². The highest BCUT2D eigenvalue weighted by atomic mass is 32.1. The maximum Gasteiger partial charge on any atom is 0.112 e. The molecule has 4 heteroatoms. The molecule has 0 unspecified atom stereocenters. The Labute approximate surface area is 80.8 Å². The summed E-state index contributed by atoms with van der Waals surface area (Å²) in [6.45, 7) is 1.41. The van der Waals surface area contributed by atoms with Gasteiger partial charge in [-0.2, -0.15) is 0 Å². The highest BCUT2D eigenvalue weighted by Crippen LogP contribution is 2.09. The standard InChI is InChI=1S/C9H11N3S/c10-6-8-2-1-4-12(8)7-9-11-3-5-13-9/h1-5H,6-7,10H2. The Morgan fingerprint density at radius 3 is 3.15 bits per heavy atom. The average Bonchev–Trinajstić information content (AvgIpc) is 2.76. The van der Waals surface area contributed by atoms with Crippen LogP contribution in [0.2, 0.25) is 0 Å². The highest BCUT2D eigenvalue weighted by Gasteiger charge is 2.00. The molecule has 0 radical (unpaired) electrons. The predicted molar refractivity (Wildman–Crippen MR) is 53.5 cm³/mol. The normalized spacial score (nSPS) is 10.5. The van der Waals surface area contributed by atoms with Crippen LogP contribution in [-0.2, 0) is 13.1 Å². The van der Waals surface area contributed by atoms with Gasteiger partial charge >= 0.3 is 0 Å². The van der Waals surface area contributed by atoms with Gasteiger partial charge in [0.05, 0.1) is 6.54 Å². The van der Waals surface area contributed by atoms with Crippen molar-refractivity contribution in [2.45, 2.75) is 13.1 Å². The van der Waals surface area contributed by atoms with E-state index in [4.69, 9.17) is 5.73 Å². The maximum atomic E-state index is 5.59. The van der Waals surface area contributed by atoms with Gasteiger partial charge in [-0.05, 0) is 12.1 Å². The topological polar surface area (TPSA) is 43.8 Å². The molecule has 0 aliphatic rings. The van der Waals surface area contributed by atoms with Gasteiger partial charge in [-0.3, -0.25) is 0 Å². The SMILES string of the molecule is NCc1cccn1Cc1nccs1. The minimum absolute atomic E-state index is 0.582. The number of aromatic nitrogens is 2. The molecule has 0 saturated heterocycles. The van der Waals surface area contributed by atoms with Crippen LogP contribution < -0.4 is 5.73 Å². The van der Waals surface area contributed by atoms with Gasteiger partial charge in [0.2, 0.25) is 0 Å². The second kappa shape index (κ2) is 3.72. The first-order valence-electron chi connectivity index (χ1n) is 4.12. The Bertz CT molecular complexity index is 364. The van der Waals surface area contributed by atoms with E-state index in [0.29, 0.717) is 6.54 Å². The predicted octanol–water partition coefficient (Wildman–Crippen LogP) is 1.45. The summed E-state index contributed by atoms with van der Waals surface area (Å²) in [5.41, 5.74) is 6.73. The van der Waals surface area contributed by atoms with Crippen LogP contribution in [0.4, 0.5) is 0 Å². The summed E-state index contributed by atoms with van der Waals surface area (Å²) in [6.07, 6.45) is 3.86. The van der Waals surface area contributed by atoms with Crippen LogP contribution in [-0.4, -0.2) is 9.55 Å². The molecule has 2 aromatic heterocycles. The van der Waals surface area contributed by atoms with Crippen molar-refractivity contribution in [2.75, 3.05) is 0 Å². The molecule has 0 atom stereocenters. The van der Waals surface area contributed by atoms with Gasteiger partial charge in [0.15, 0.2) is 0 Å². The molecular weight excluding hydrogens is 182 g/mol. The van der Waals surface area contributed by atoms with E-state index in [1.807, 2.05) is 29.9 Å². The molecule has 13 heavy (non-hydrogen) atoms. The first-order chi connectivity index (χ1) is 6.40. The fourth-order valence-electron chi connectivity index (χ4n) is 1.27. The second-order valence-electron chi connectivity index (χ2n) is 2.76. The van der Waals surface area contributed by atoms with Crippen molar-refractivity contribution in [3.8, 4) is 0 Å². The van der Waals surface area contributed by atoms with Crippen LogP contribution in [0.5, 0.6) is 0 Å². The number of rotatable bonds is 3. The summed E-state index contributed by atoms with van der Waals surface area (Å²) >= 11 is 1.67. The lowest BCUT2D eigenvalue weighted by molar-refractivity contribution is 0.739. The summed E-state index contributed by atoms with van der Waals surface area (Å²) in [6, 6.07) is 4.05. The molecule has 0 bridgehead atoms. The Morgan fingerprint density at radius 1 is 1.54 bits per heavy atom. The van der Waals surface area contributed by atoms with E-state index in [0.717, 1.165) is 17.2 Å². The third-order valence-corrected chi connectivity index (χ3v) is 2.69. The highest BCUT2D eigenvalue weighted by molar-refractivity contribution is 7.09. The van der Waals surface area contributed by atoms with Crippen molar-refractivity contribution >= 4 is 11.3 Å². The van der Waals surface area contributed by atoms with Gasteiger partial charge < -0.3 is 10.3 Å². The Kier molecular flexibility index (Phi) is 2.42. The fraction of sp³-hybridized carbons (Fsp3) is 0.222. The van der Waals surface area contributed by atoms with E-state index in [9.17, 15) is 0 Å². The molecule has 2 rings (SSSR count). The minimum Gasteiger partial charge on any atom is -0.343 e. The molecule has 0 fully saturated rings. The zero-order valence-corrected chi connectivity index (χ0v) is 8.00. The molecule has 0 spiro atoms. The van der Waals surface area contributed by atoms with Gasteiger partial charge in [0, 0.05) is 30.0 Å². The van der Waals surface area contributed by atoms with E-state index < -0.39 is 0 Å². The van der Waals surface area contributed by atoms with Crippen LogP contribution in [0.15, 0.2) is 29.9 Å². The van der Waals surface area contributed by atoms with Crippen molar-refractivity contribution in [2.24, 2.45) is 5.73 Å². The summed E-state index contributed by atoms with van der Waals surface area (Å²) in [4.78, 5) is 4.22. The van der Waals surface area contributed by atoms with E-state index in [1.165, 1.54) is 0 Å². The van der Waals surface area contributed by atoms with Crippen molar-refractivity contribution in [3.63, 3.8) is 0 Å². The number of thiazole rings is 1. The van der Waals surface area contributed by atoms with Crippen molar-refractivity contribution in [3.05, 3.63) is 40.6 Å². The Morgan fingerprint density at radius 2 is 2.46 bits per heavy atom. The van der Waals surface area contributed by atoms with Gasteiger partial charge in [0.25, 0.3) is 0 Å². The third-order valence-electron chi connectivity index (χ3n) is 1.92. The fourth-order valence-corrected chi connectivity index (χ4v) is 1.88. The number of hydrogen-bond donors (Lipinski definition) is 1. The van der Waals surface area contributed by atoms with E-state index in [-0.39, 0.29) is 0 Å². The zero-order valence-electron chi connectivity index (χ0n) is 7.18. The van der Waals surface area contributed by atoms with Crippen LogP contribution in [0.1, 0.15) is 10.7 Å². The second-order valence-corrected chi connectivity index (χ2v) is 3.74. The van der Waals surface area contributed by atoms with E-state index in [2.05, 4.69) is 9.55 Å². The monoisotopic (exact) mass is 193 g/mol. The minimum atomic E-state index is 0.582. The lowest BCUT2D eigenvalue weighted by atomic mass is 10.4. The molecule has 2 N–H and O–H groups in total. The summed E-state index contributed by atoms with van der Waals surface area (Å²) < 4.78 is 2.12. The molecule has 2 aromatic rings. The number of nitrogens with zero attached hydrogens (tertiary/aromatic N) is 2. The Balaban J connectivity index is 2.18. The molecular formula is C9H11N3S. The number of nitrogens with two attached hydrogens (primary N) is 1. The quantitative estimate of drug-likeness (QED) is 0.801. The van der Waals surface area contributed by atoms with Crippen LogP contribution in [0.25, 0.3) is 0 Å². The van der Waals surface area contributed by atoms with Crippen molar-refractivity contribution in [1.29, 1.82) is 0 Å². The molecule has 0 aliphatic heterocycles. The molecule has 0 aromatic carbocycles. The van der Waals surface area contributed by atoms with Gasteiger partial charge in [-0.15, -0.1) is 11.3 Å². The molecule has 0 aliphatic carbocycles. The van der Waals surface area contributed by atoms with Crippen LogP contribution in [0.3, 0.4) is 0 Å². The summed E-state index contributed by atoms with van der Waals surface area (Å²) in [7, 11) is 0. The average molecular weight is 193 g/mol. The molecule has 0 saturated carbocycles. The summed E-state index contributed by atoms with van der Waals surface area (Å²) in [5.74, 6) is 0. The smallest absolute Gasteiger partial charge is 0.112 e. The van der Waals surface area contributed by atoms with Crippen LogP contribution >= 0.6 is 11.3 Å². The van der Waals surface area contributed by atoms with E-state index >= 15 is 0 Å². The molecule has 68 valence electrons. The molecule has 3 nitrogen and oxygen atoms in total. The number of hydrogen-bond acceptors (Lipinski definition) is 3. The maximum absolute atomic E-state index is 5.59. The van der Waals surface area contributed by atoms with Gasteiger partial charge in [0.1, 0.15) is 5.01 Å². The Hall–Kier alpha value is -1.13. The van der Waals surface area contributed by atoms with Crippen molar-refractivity contribution < 1.29 is 0 Å². The first-order valence-corrected chi connectivity index (χ1v) is 5.00. The molecule has 0 amide bonds. The molecule has 2 heterocycles. The summed E-state index contributed by atoms with van der Waals surface area (Å²) in [5, 5.41) is 3.10. The zero-order chi connectivity index (χ0) is 9.10. The largest absolute Gasteiger partial charge is 0.343 e. The van der Waals surface area contributed by atoms with Crippen molar-refractivity contribution in [1.82, 2.24) is 9.55 Å². The lowest BCUT2D eigenvalue weighted by Crippen LogP contribution is -2.06. The third kappa shape index (κ3) is 1.79. The lowest BCUT2D eigenvalue weighted by Gasteiger charge is -2.04. The van der Waals surface area contributed by atoms with E-state index in [1.54, 1.807) is 11.3 Å². The van der Waals surface area contributed by atoms with Crippen LogP contribution in [0, 0.1) is 0 Å². The first kappa shape index (κ1) is 8.47.